The number of nitrogens with one attached hydrogen (secondary N) is 1. The molecule has 2 rings (SSSR count). The molecule has 3 N–H and O–H groups in total. The highest BCUT2D eigenvalue weighted by atomic mass is 16.3. The summed E-state index contributed by atoms with van der Waals surface area (Å²) >= 11 is 0. The SMILES string of the molecule is CC(C)(C)c1cc(NCc2ccc(O)cc2)cc(C(C)(C)C)c1O. The van der Waals surface area contributed by atoms with Crippen LogP contribution in [0.2, 0.25) is 0 Å². The van der Waals surface area contributed by atoms with Crippen LogP contribution in [-0.4, -0.2) is 10.2 Å². The van der Waals surface area contributed by atoms with Crippen LogP contribution in [0.25, 0.3) is 0 Å². The molecule has 0 unspecified atom stereocenters. The summed E-state index contributed by atoms with van der Waals surface area (Å²) in [5.74, 6) is 0.665. The second kappa shape index (κ2) is 6.39. The average Bonchev–Trinajstić information content (AvgIpc) is 2.45. The van der Waals surface area contributed by atoms with Crippen molar-refractivity contribution in [3.63, 3.8) is 0 Å². The van der Waals surface area contributed by atoms with Crippen molar-refractivity contribution in [2.45, 2.75) is 58.9 Å². The Bertz CT molecular complexity index is 669. The van der Waals surface area contributed by atoms with Crippen LogP contribution >= 0.6 is 0 Å². The zero-order valence-electron chi connectivity index (χ0n) is 15.6. The Balaban J connectivity index is 2.37. The van der Waals surface area contributed by atoms with Crippen LogP contribution in [0.1, 0.15) is 58.2 Å². The standard InChI is InChI=1S/C21H29NO2/c1-20(2,3)17-11-15(12-18(19(17)24)21(4,5)6)22-13-14-7-9-16(23)10-8-14/h7-12,22-24H,13H2,1-6H3. The maximum Gasteiger partial charge on any atom is 0.123 e. The van der Waals surface area contributed by atoms with Gasteiger partial charge in [0.05, 0.1) is 0 Å². The first-order valence-electron chi connectivity index (χ1n) is 8.38. The molecule has 3 nitrogen and oxygen atoms in total. The van der Waals surface area contributed by atoms with Crippen molar-refractivity contribution < 1.29 is 10.2 Å². The monoisotopic (exact) mass is 327 g/mol. The molecular weight excluding hydrogens is 298 g/mol. The van der Waals surface area contributed by atoms with E-state index in [0.29, 0.717) is 12.3 Å². The average molecular weight is 327 g/mol. The Morgan fingerprint density at radius 1 is 0.792 bits per heavy atom. The maximum absolute atomic E-state index is 10.7. The van der Waals surface area contributed by atoms with E-state index in [9.17, 15) is 10.2 Å². The van der Waals surface area contributed by atoms with Gasteiger partial charge in [-0.05, 0) is 40.7 Å². The van der Waals surface area contributed by atoms with Crippen molar-refractivity contribution in [1.29, 1.82) is 0 Å². The van der Waals surface area contributed by atoms with Crippen LogP contribution < -0.4 is 5.32 Å². The molecule has 130 valence electrons. The first-order chi connectivity index (χ1) is 11.0. The zero-order chi connectivity index (χ0) is 18.1. The number of rotatable bonds is 3. The minimum Gasteiger partial charge on any atom is -0.508 e. The number of phenolic OH excluding ortho intramolecular Hbond substituents is 2. The van der Waals surface area contributed by atoms with Gasteiger partial charge in [-0.3, -0.25) is 0 Å². The number of benzene rings is 2. The Kier molecular flexibility index (Phi) is 4.84. The third-order valence-electron chi connectivity index (χ3n) is 4.16. The van der Waals surface area contributed by atoms with Crippen LogP contribution in [0.5, 0.6) is 11.5 Å². The molecule has 0 spiro atoms. The van der Waals surface area contributed by atoms with Gasteiger partial charge in [0.25, 0.3) is 0 Å². The number of phenols is 2. The maximum atomic E-state index is 10.7. The minimum atomic E-state index is -0.139. The van der Waals surface area contributed by atoms with E-state index in [0.717, 1.165) is 22.4 Å². The Morgan fingerprint density at radius 3 is 1.67 bits per heavy atom. The number of anilines is 1. The Labute approximate surface area is 145 Å². The molecular formula is C21H29NO2. The van der Waals surface area contributed by atoms with Gasteiger partial charge in [0.1, 0.15) is 11.5 Å². The van der Waals surface area contributed by atoms with E-state index >= 15 is 0 Å². The van der Waals surface area contributed by atoms with E-state index in [4.69, 9.17) is 0 Å². The van der Waals surface area contributed by atoms with Crippen LogP contribution in [0.4, 0.5) is 5.69 Å². The molecule has 0 heterocycles. The van der Waals surface area contributed by atoms with Crippen LogP contribution in [0, 0.1) is 0 Å². The lowest BCUT2D eigenvalue weighted by Crippen LogP contribution is -2.18. The second-order valence-electron chi connectivity index (χ2n) is 8.44. The lowest BCUT2D eigenvalue weighted by atomic mass is 9.79. The van der Waals surface area contributed by atoms with E-state index in [-0.39, 0.29) is 16.6 Å². The van der Waals surface area contributed by atoms with E-state index in [1.165, 1.54) is 0 Å². The molecule has 2 aromatic rings. The van der Waals surface area contributed by atoms with E-state index in [1.807, 2.05) is 24.3 Å². The third kappa shape index (κ3) is 4.22. The van der Waals surface area contributed by atoms with Gasteiger partial charge in [-0.2, -0.15) is 0 Å². The van der Waals surface area contributed by atoms with Gasteiger partial charge in [-0.15, -0.1) is 0 Å². The summed E-state index contributed by atoms with van der Waals surface area (Å²) < 4.78 is 0. The summed E-state index contributed by atoms with van der Waals surface area (Å²) in [5, 5.41) is 23.6. The molecule has 0 aliphatic heterocycles. The fourth-order valence-corrected chi connectivity index (χ4v) is 2.70. The summed E-state index contributed by atoms with van der Waals surface area (Å²) in [6.07, 6.45) is 0. The van der Waals surface area contributed by atoms with Gasteiger partial charge in [-0.1, -0.05) is 53.7 Å². The van der Waals surface area contributed by atoms with Gasteiger partial charge in [0.15, 0.2) is 0 Å². The van der Waals surface area contributed by atoms with E-state index in [2.05, 4.69) is 46.9 Å². The predicted octanol–water partition coefficient (Wildman–Crippen LogP) is 5.30. The molecule has 0 amide bonds. The summed E-state index contributed by atoms with van der Waals surface area (Å²) in [4.78, 5) is 0. The van der Waals surface area contributed by atoms with Gasteiger partial charge in [0.2, 0.25) is 0 Å². The Morgan fingerprint density at radius 2 is 1.25 bits per heavy atom. The highest BCUT2D eigenvalue weighted by molar-refractivity contribution is 5.59. The number of hydrogen-bond acceptors (Lipinski definition) is 3. The fourth-order valence-electron chi connectivity index (χ4n) is 2.70. The summed E-state index contributed by atoms with van der Waals surface area (Å²) in [6, 6.07) is 11.2. The summed E-state index contributed by atoms with van der Waals surface area (Å²) in [7, 11) is 0. The molecule has 0 atom stereocenters. The molecule has 0 fully saturated rings. The lowest BCUT2D eigenvalue weighted by molar-refractivity contribution is 0.423. The highest BCUT2D eigenvalue weighted by Gasteiger charge is 2.26. The molecule has 2 aromatic carbocycles. The third-order valence-corrected chi connectivity index (χ3v) is 4.16. The number of hydrogen-bond donors (Lipinski definition) is 3. The van der Waals surface area contributed by atoms with Crippen molar-refractivity contribution in [3.05, 3.63) is 53.1 Å². The summed E-state index contributed by atoms with van der Waals surface area (Å²) in [6.45, 7) is 13.3. The van der Waals surface area contributed by atoms with Crippen molar-refractivity contribution in [2.24, 2.45) is 0 Å². The van der Waals surface area contributed by atoms with E-state index in [1.54, 1.807) is 12.1 Å². The molecule has 0 aliphatic rings. The van der Waals surface area contributed by atoms with E-state index < -0.39 is 0 Å². The van der Waals surface area contributed by atoms with Crippen LogP contribution in [0.15, 0.2) is 36.4 Å². The van der Waals surface area contributed by atoms with Gasteiger partial charge < -0.3 is 15.5 Å². The van der Waals surface area contributed by atoms with Crippen LogP contribution in [-0.2, 0) is 17.4 Å². The molecule has 0 aromatic heterocycles. The largest absolute Gasteiger partial charge is 0.508 e. The van der Waals surface area contributed by atoms with Crippen molar-refractivity contribution in [1.82, 2.24) is 0 Å². The molecule has 0 bridgehead atoms. The normalized spacial score (nSPS) is 12.2. The first-order valence-corrected chi connectivity index (χ1v) is 8.38. The molecule has 0 saturated heterocycles. The smallest absolute Gasteiger partial charge is 0.123 e. The molecule has 3 heteroatoms. The molecule has 24 heavy (non-hydrogen) atoms. The second-order valence-corrected chi connectivity index (χ2v) is 8.44. The Hall–Kier alpha value is -2.16. The quantitative estimate of drug-likeness (QED) is 0.670. The van der Waals surface area contributed by atoms with Crippen LogP contribution in [0.3, 0.4) is 0 Å². The van der Waals surface area contributed by atoms with Gasteiger partial charge in [-0.25, -0.2) is 0 Å². The zero-order valence-corrected chi connectivity index (χ0v) is 15.6. The van der Waals surface area contributed by atoms with Crippen molar-refractivity contribution in [2.75, 3.05) is 5.32 Å². The molecule has 0 saturated carbocycles. The number of aromatic hydroxyl groups is 2. The van der Waals surface area contributed by atoms with Crippen molar-refractivity contribution in [3.8, 4) is 11.5 Å². The van der Waals surface area contributed by atoms with Crippen molar-refractivity contribution >= 4 is 5.69 Å². The predicted molar refractivity (Wildman–Crippen MR) is 101 cm³/mol. The highest BCUT2D eigenvalue weighted by Crippen LogP contribution is 2.41. The topological polar surface area (TPSA) is 52.5 Å². The lowest BCUT2D eigenvalue weighted by Gasteiger charge is -2.28. The van der Waals surface area contributed by atoms with Gasteiger partial charge >= 0.3 is 0 Å². The molecule has 0 radical (unpaired) electrons. The minimum absolute atomic E-state index is 0.139. The fraction of sp³-hybridized carbons (Fsp3) is 0.429. The molecule has 0 aliphatic carbocycles. The summed E-state index contributed by atoms with van der Waals surface area (Å²) in [5.41, 5.74) is 3.71. The first kappa shape index (κ1) is 18.2. The van der Waals surface area contributed by atoms with Gasteiger partial charge in [0, 0.05) is 23.4 Å².